The van der Waals surface area contributed by atoms with Crippen molar-refractivity contribution in [2.24, 2.45) is 17.6 Å². The fourth-order valence-corrected chi connectivity index (χ4v) is 3.79. The molecule has 0 aromatic heterocycles. The molecule has 1 saturated carbocycles. The Morgan fingerprint density at radius 3 is 2.30 bits per heavy atom. The first kappa shape index (κ1) is 15.7. The first-order valence-corrected chi connectivity index (χ1v) is 8.07. The molecule has 0 spiro atoms. The minimum absolute atomic E-state index is 0.0252. The molecule has 20 heavy (non-hydrogen) atoms. The summed E-state index contributed by atoms with van der Waals surface area (Å²) in [6.45, 7) is 6.55. The van der Waals surface area contributed by atoms with Gasteiger partial charge in [-0.15, -0.1) is 0 Å². The SMILES string of the molecule is CC1OC(C)C(C(=O)N(CC(N)=S)C2CCCC2)C1C. The van der Waals surface area contributed by atoms with Crippen molar-refractivity contribution in [2.45, 2.75) is 64.7 Å². The topological polar surface area (TPSA) is 55.6 Å². The van der Waals surface area contributed by atoms with Gasteiger partial charge in [-0.1, -0.05) is 32.0 Å². The van der Waals surface area contributed by atoms with Gasteiger partial charge in [0.15, 0.2) is 0 Å². The van der Waals surface area contributed by atoms with Gasteiger partial charge in [-0.2, -0.15) is 0 Å². The smallest absolute Gasteiger partial charge is 0.229 e. The minimum atomic E-state index is -0.0695. The molecule has 0 bridgehead atoms. The summed E-state index contributed by atoms with van der Waals surface area (Å²) in [7, 11) is 0. The first-order valence-electron chi connectivity index (χ1n) is 7.66. The number of amides is 1. The number of carbonyl (C=O) groups excluding carboxylic acids is 1. The zero-order chi connectivity index (χ0) is 14.9. The van der Waals surface area contributed by atoms with E-state index >= 15 is 0 Å². The maximum absolute atomic E-state index is 13.0. The fourth-order valence-electron chi connectivity index (χ4n) is 3.65. The van der Waals surface area contributed by atoms with Crippen LogP contribution in [-0.2, 0) is 9.53 Å². The van der Waals surface area contributed by atoms with Gasteiger partial charge in [-0.25, -0.2) is 0 Å². The van der Waals surface area contributed by atoms with Crippen molar-refractivity contribution in [2.75, 3.05) is 6.54 Å². The van der Waals surface area contributed by atoms with Gasteiger partial charge in [0.25, 0.3) is 0 Å². The molecule has 0 aromatic carbocycles. The molecule has 2 rings (SSSR count). The maximum atomic E-state index is 13.0. The van der Waals surface area contributed by atoms with Gasteiger partial charge < -0.3 is 15.4 Å². The third-order valence-corrected chi connectivity index (χ3v) is 5.03. The Balaban J connectivity index is 2.15. The van der Waals surface area contributed by atoms with Crippen LogP contribution in [0.1, 0.15) is 46.5 Å². The molecule has 4 unspecified atom stereocenters. The molecule has 0 radical (unpaired) electrons. The highest BCUT2D eigenvalue weighted by atomic mass is 32.1. The Morgan fingerprint density at radius 1 is 1.25 bits per heavy atom. The number of nitrogens with zero attached hydrogens (tertiary/aromatic N) is 1. The van der Waals surface area contributed by atoms with Crippen LogP contribution in [0, 0.1) is 11.8 Å². The van der Waals surface area contributed by atoms with E-state index in [1.165, 1.54) is 12.8 Å². The molecule has 4 atom stereocenters. The van der Waals surface area contributed by atoms with E-state index in [9.17, 15) is 4.79 Å². The Labute approximate surface area is 127 Å². The molecule has 114 valence electrons. The summed E-state index contributed by atoms with van der Waals surface area (Å²) in [5.74, 6) is 0.349. The third-order valence-electron chi connectivity index (χ3n) is 4.90. The molecule has 1 aliphatic carbocycles. The molecule has 2 aliphatic rings. The highest BCUT2D eigenvalue weighted by molar-refractivity contribution is 7.80. The van der Waals surface area contributed by atoms with Crippen LogP contribution in [0.4, 0.5) is 0 Å². The van der Waals surface area contributed by atoms with Crippen LogP contribution in [-0.4, -0.2) is 40.6 Å². The molecule has 4 nitrogen and oxygen atoms in total. The highest BCUT2D eigenvalue weighted by Crippen LogP contribution is 2.35. The number of ether oxygens (including phenoxy) is 1. The summed E-state index contributed by atoms with van der Waals surface area (Å²) in [4.78, 5) is 15.3. The van der Waals surface area contributed by atoms with E-state index in [1.54, 1.807) is 0 Å². The molecule has 1 saturated heterocycles. The zero-order valence-corrected chi connectivity index (χ0v) is 13.5. The van der Waals surface area contributed by atoms with Crippen LogP contribution >= 0.6 is 12.2 Å². The summed E-state index contributed by atoms with van der Waals surface area (Å²) in [5, 5.41) is 0. The van der Waals surface area contributed by atoms with Crippen molar-refractivity contribution in [3.63, 3.8) is 0 Å². The van der Waals surface area contributed by atoms with Gasteiger partial charge in [0.2, 0.25) is 5.91 Å². The second-order valence-corrected chi connectivity index (χ2v) is 6.83. The van der Waals surface area contributed by atoms with E-state index in [4.69, 9.17) is 22.7 Å². The van der Waals surface area contributed by atoms with Gasteiger partial charge in [0, 0.05) is 6.04 Å². The zero-order valence-electron chi connectivity index (χ0n) is 12.7. The third kappa shape index (κ3) is 3.14. The number of rotatable bonds is 4. The quantitative estimate of drug-likeness (QED) is 0.808. The number of carbonyl (C=O) groups is 1. The molecule has 1 aliphatic heterocycles. The van der Waals surface area contributed by atoms with Crippen LogP contribution in [0.3, 0.4) is 0 Å². The predicted octanol–water partition coefficient (Wildman–Crippen LogP) is 2.10. The average Bonchev–Trinajstić information content (AvgIpc) is 2.96. The molecule has 2 fully saturated rings. The molecule has 2 N–H and O–H groups in total. The molecule has 5 heteroatoms. The van der Waals surface area contributed by atoms with Gasteiger partial charge in [0.1, 0.15) is 0 Å². The lowest BCUT2D eigenvalue weighted by Crippen LogP contribution is -2.48. The fraction of sp³-hybridized carbons (Fsp3) is 0.867. The minimum Gasteiger partial charge on any atom is -0.392 e. The van der Waals surface area contributed by atoms with Gasteiger partial charge in [-0.05, 0) is 32.6 Å². The van der Waals surface area contributed by atoms with Crippen LogP contribution in [0.15, 0.2) is 0 Å². The normalized spacial score (nSPS) is 34.4. The maximum Gasteiger partial charge on any atom is 0.229 e. The lowest BCUT2D eigenvalue weighted by Gasteiger charge is -2.33. The van der Waals surface area contributed by atoms with Crippen molar-refractivity contribution in [1.29, 1.82) is 0 Å². The summed E-state index contributed by atoms with van der Waals surface area (Å²) < 4.78 is 5.81. The molecule has 1 heterocycles. The molecular formula is C15H26N2O2S. The second-order valence-electron chi connectivity index (χ2n) is 6.30. The number of hydrogen-bond donors (Lipinski definition) is 1. The van der Waals surface area contributed by atoms with Crippen LogP contribution in [0.5, 0.6) is 0 Å². The van der Waals surface area contributed by atoms with Crippen molar-refractivity contribution in [3.05, 3.63) is 0 Å². The van der Waals surface area contributed by atoms with Crippen molar-refractivity contribution in [1.82, 2.24) is 4.90 Å². The van der Waals surface area contributed by atoms with E-state index < -0.39 is 0 Å². The Kier molecular flexibility index (Phi) is 5.02. The monoisotopic (exact) mass is 298 g/mol. The Morgan fingerprint density at radius 2 is 1.85 bits per heavy atom. The molecular weight excluding hydrogens is 272 g/mol. The standard InChI is InChI=1S/C15H26N2O2S/c1-9-10(2)19-11(3)14(9)15(18)17(8-13(16)20)12-6-4-5-7-12/h9-12,14H,4-8H2,1-3H3,(H2,16,20). The lowest BCUT2D eigenvalue weighted by atomic mass is 9.88. The van der Waals surface area contributed by atoms with Gasteiger partial charge >= 0.3 is 0 Å². The van der Waals surface area contributed by atoms with Crippen LogP contribution in [0.2, 0.25) is 0 Å². The summed E-state index contributed by atoms with van der Waals surface area (Å²) >= 11 is 5.04. The summed E-state index contributed by atoms with van der Waals surface area (Å²) in [6.07, 6.45) is 4.63. The average molecular weight is 298 g/mol. The van der Waals surface area contributed by atoms with Gasteiger partial charge in [0.05, 0.1) is 29.7 Å². The predicted molar refractivity (Wildman–Crippen MR) is 83.4 cm³/mol. The highest BCUT2D eigenvalue weighted by Gasteiger charge is 2.44. The van der Waals surface area contributed by atoms with Crippen molar-refractivity contribution >= 4 is 23.1 Å². The number of thiocarbonyl (C=S) groups is 1. The van der Waals surface area contributed by atoms with E-state index in [0.29, 0.717) is 17.6 Å². The van der Waals surface area contributed by atoms with Crippen LogP contribution in [0.25, 0.3) is 0 Å². The summed E-state index contributed by atoms with van der Waals surface area (Å²) in [6, 6.07) is 0.305. The van der Waals surface area contributed by atoms with E-state index in [-0.39, 0.29) is 30.0 Å². The van der Waals surface area contributed by atoms with Crippen molar-refractivity contribution < 1.29 is 9.53 Å². The Bertz CT molecular complexity index is 382. The van der Waals surface area contributed by atoms with E-state index in [1.807, 2.05) is 18.7 Å². The molecule has 0 aromatic rings. The van der Waals surface area contributed by atoms with E-state index in [0.717, 1.165) is 12.8 Å². The van der Waals surface area contributed by atoms with Crippen LogP contribution < -0.4 is 5.73 Å². The second kappa shape index (κ2) is 6.39. The lowest BCUT2D eigenvalue weighted by molar-refractivity contribution is -0.139. The first-order chi connectivity index (χ1) is 9.41. The number of hydrogen-bond acceptors (Lipinski definition) is 3. The Hall–Kier alpha value is -0.680. The summed E-state index contributed by atoms with van der Waals surface area (Å²) in [5.41, 5.74) is 5.70. The molecule has 1 amide bonds. The van der Waals surface area contributed by atoms with E-state index in [2.05, 4.69) is 6.92 Å². The number of nitrogens with two attached hydrogens (primary N) is 1. The van der Waals surface area contributed by atoms with Crippen molar-refractivity contribution in [3.8, 4) is 0 Å². The largest absolute Gasteiger partial charge is 0.392 e. The van der Waals surface area contributed by atoms with Gasteiger partial charge in [-0.3, -0.25) is 4.79 Å².